The van der Waals surface area contributed by atoms with Crippen LogP contribution in [0, 0.1) is 16.1 Å². The Labute approximate surface area is 128 Å². The first-order valence-corrected chi connectivity index (χ1v) is 8.28. The Morgan fingerprint density at radius 1 is 1.38 bits per heavy atom. The molecule has 2 aromatic heterocycles. The van der Waals surface area contributed by atoms with Crippen LogP contribution < -0.4 is 0 Å². The Hall–Kier alpha value is -2.15. The van der Waals surface area contributed by atoms with Gasteiger partial charge in [0.05, 0.1) is 17.8 Å². The van der Waals surface area contributed by atoms with E-state index in [4.69, 9.17) is 17.5 Å². The van der Waals surface area contributed by atoms with E-state index in [1.165, 1.54) is 6.07 Å². The molecule has 0 aliphatic rings. The number of hydrogen-bond acceptors (Lipinski definition) is 6. The number of aromatic nitrogens is 2. The quantitative estimate of drug-likeness (QED) is 0.700. The van der Waals surface area contributed by atoms with Crippen molar-refractivity contribution in [3.8, 4) is 11.9 Å². The topological polar surface area (TPSA) is 98.9 Å². The zero-order chi connectivity index (χ0) is 15.2. The molecular formula is C12H7N3O3S3. The highest BCUT2D eigenvalue weighted by atomic mass is 32.2. The van der Waals surface area contributed by atoms with Crippen LogP contribution in [0.15, 0.2) is 34.7 Å². The molecule has 106 valence electrons. The van der Waals surface area contributed by atoms with Gasteiger partial charge in [-0.3, -0.25) is 0 Å². The number of H-pyrrole nitrogens is 1. The van der Waals surface area contributed by atoms with Gasteiger partial charge in [-0.2, -0.15) is 13.7 Å². The minimum absolute atomic E-state index is 0.0858. The van der Waals surface area contributed by atoms with E-state index in [1.54, 1.807) is 18.2 Å². The minimum Gasteiger partial charge on any atom is -0.493 e. The predicted molar refractivity (Wildman–Crippen MR) is 80.4 cm³/mol. The van der Waals surface area contributed by atoms with E-state index in [0.29, 0.717) is 10.9 Å². The van der Waals surface area contributed by atoms with Crippen LogP contribution in [0.3, 0.4) is 0 Å². The van der Waals surface area contributed by atoms with Crippen LogP contribution in [0.4, 0.5) is 0 Å². The van der Waals surface area contributed by atoms with Gasteiger partial charge in [-0.05, 0) is 41.9 Å². The summed E-state index contributed by atoms with van der Waals surface area (Å²) in [5.41, 5.74) is 0.458. The predicted octanol–water partition coefficient (Wildman–Crippen LogP) is 2.57. The highest BCUT2D eigenvalue weighted by Gasteiger charge is 2.21. The number of nitriles is 1. The van der Waals surface area contributed by atoms with Gasteiger partial charge in [0.15, 0.2) is 4.77 Å². The molecule has 0 bridgehead atoms. The molecule has 0 fully saturated rings. The smallest absolute Gasteiger partial charge is 0.279 e. The van der Waals surface area contributed by atoms with Crippen molar-refractivity contribution in [2.45, 2.75) is 4.21 Å². The molecule has 0 aliphatic heterocycles. The van der Waals surface area contributed by atoms with Crippen molar-refractivity contribution in [3.05, 3.63) is 40.8 Å². The molecule has 2 heterocycles. The van der Waals surface area contributed by atoms with E-state index < -0.39 is 10.0 Å². The largest absolute Gasteiger partial charge is 0.493 e. The van der Waals surface area contributed by atoms with Crippen molar-refractivity contribution >= 4 is 43.7 Å². The molecule has 0 radical (unpaired) electrons. The normalized spacial score (nSPS) is 11.6. The highest BCUT2D eigenvalue weighted by molar-refractivity contribution is 7.92. The van der Waals surface area contributed by atoms with Crippen LogP contribution in [0.2, 0.25) is 0 Å². The lowest BCUT2D eigenvalue weighted by molar-refractivity contribution is 0.456. The van der Waals surface area contributed by atoms with Crippen molar-refractivity contribution in [1.29, 1.82) is 5.26 Å². The highest BCUT2D eigenvalue weighted by Crippen LogP contribution is 2.31. The second-order valence-electron chi connectivity index (χ2n) is 4.18. The van der Waals surface area contributed by atoms with Crippen molar-refractivity contribution in [3.63, 3.8) is 0 Å². The molecule has 0 unspecified atom stereocenters. The number of hydrogen-bond donors (Lipinski definition) is 2. The average molecular weight is 337 g/mol. The molecule has 6 nitrogen and oxygen atoms in total. The van der Waals surface area contributed by atoms with Gasteiger partial charge in [-0.15, -0.1) is 11.3 Å². The number of benzene rings is 1. The van der Waals surface area contributed by atoms with Crippen LogP contribution in [0.25, 0.3) is 10.1 Å². The lowest BCUT2D eigenvalue weighted by Gasteiger charge is -2.00. The van der Waals surface area contributed by atoms with Gasteiger partial charge >= 0.3 is 0 Å². The van der Waals surface area contributed by atoms with E-state index in [0.717, 1.165) is 26.2 Å². The fourth-order valence-corrected chi connectivity index (χ4v) is 4.99. The Balaban J connectivity index is 2.22. The van der Waals surface area contributed by atoms with Crippen molar-refractivity contribution in [2.24, 2.45) is 0 Å². The van der Waals surface area contributed by atoms with E-state index in [1.807, 2.05) is 6.07 Å². The summed E-state index contributed by atoms with van der Waals surface area (Å²) in [6.45, 7) is 0. The summed E-state index contributed by atoms with van der Waals surface area (Å²) < 4.78 is 26.5. The maximum Gasteiger partial charge on any atom is 0.279 e. The summed E-state index contributed by atoms with van der Waals surface area (Å²) in [5, 5.41) is 18.8. The Morgan fingerprint density at radius 2 is 2.14 bits per heavy atom. The molecule has 1 aromatic carbocycles. The Kier molecular flexibility index (Phi) is 3.09. The molecule has 2 N–H and O–H groups in total. The molecule has 0 saturated heterocycles. The van der Waals surface area contributed by atoms with Gasteiger partial charge < -0.3 is 10.1 Å². The monoisotopic (exact) mass is 337 g/mol. The lowest BCUT2D eigenvalue weighted by Crippen LogP contribution is -2.10. The van der Waals surface area contributed by atoms with Crippen molar-refractivity contribution in [1.82, 2.24) is 8.96 Å². The number of rotatable bonds is 2. The third kappa shape index (κ3) is 2.23. The standard InChI is InChI=1S/C12H7N3O3S3/c13-5-7-1-2-9-8(3-7)4-11(20-9)21(17,18)15-6-10(16)14-12(15)19/h1-4,6,16H,(H,14,19). The van der Waals surface area contributed by atoms with Crippen molar-refractivity contribution in [2.75, 3.05) is 0 Å². The number of nitrogens with one attached hydrogen (secondary N) is 1. The first kappa shape index (κ1) is 13.8. The first-order chi connectivity index (χ1) is 9.91. The van der Waals surface area contributed by atoms with Gasteiger partial charge in [-0.1, -0.05) is 0 Å². The van der Waals surface area contributed by atoms with Crippen LogP contribution in [0.5, 0.6) is 5.88 Å². The molecule has 21 heavy (non-hydrogen) atoms. The molecule has 3 rings (SSSR count). The van der Waals surface area contributed by atoms with Crippen LogP contribution >= 0.6 is 23.6 Å². The van der Waals surface area contributed by atoms with Crippen LogP contribution in [-0.2, 0) is 10.0 Å². The molecule has 0 amide bonds. The lowest BCUT2D eigenvalue weighted by atomic mass is 10.2. The van der Waals surface area contributed by atoms with Crippen molar-refractivity contribution < 1.29 is 13.5 Å². The number of aromatic amines is 1. The fraction of sp³-hybridized carbons (Fsp3) is 0. The molecule has 9 heteroatoms. The van der Waals surface area contributed by atoms with E-state index in [-0.39, 0.29) is 14.9 Å². The van der Waals surface area contributed by atoms with E-state index >= 15 is 0 Å². The molecule has 3 aromatic rings. The minimum atomic E-state index is -3.87. The second-order valence-corrected chi connectivity index (χ2v) is 7.69. The SMILES string of the molecule is N#Cc1ccc2sc(S(=O)(=O)n3cc(O)[nH]c3=S)cc2c1. The van der Waals surface area contributed by atoms with Gasteiger partial charge in [0.1, 0.15) is 4.21 Å². The van der Waals surface area contributed by atoms with Gasteiger partial charge in [0, 0.05) is 4.70 Å². The van der Waals surface area contributed by atoms with E-state index in [9.17, 15) is 13.5 Å². The maximum absolute atomic E-state index is 12.5. The number of thiophene rings is 1. The number of aromatic hydroxyl groups is 1. The molecule has 0 saturated carbocycles. The Morgan fingerprint density at radius 3 is 2.76 bits per heavy atom. The first-order valence-electron chi connectivity index (χ1n) is 5.62. The number of imidazole rings is 1. The second kappa shape index (κ2) is 4.70. The summed E-state index contributed by atoms with van der Waals surface area (Å²) in [6, 6.07) is 8.45. The summed E-state index contributed by atoms with van der Waals surface area (Å²) in [5.74, 6) is -0.323. The third-order valence-electron chi connectivity index (χ3n) is 2.81. The summed E-state index contributed by atoms with van der Waals surface area (Å²) in [4.78, 5) is 2.35. The number of fused-ring (bicyclic) bond motifs is 1. The van der Waals surface area contributed by atoms with Gasteiger partial charge in [0.2, 0.25) is 5.88 Å². The summed E-state index contributed by atoms with van der Waals surface area (Å²) in [7, 11) is -3.87. The van der Waals surface area contributed by atoms with Gasteiger partial charge in [0.25, 0.3) is 10.0 Å². The average Bonchev–Trinajstić information content (AvgIpc) is 3.01. The van der Waals surface area contributed by atoms with Crippen LogP contribution in [-0.4, -0.2) is 22.5 Å². The Bertz CT molecular complexity index is 1050. The summed E-state index contributed by atoms with van der Waals surface area (Å²) >= 11 is 5.95. The molecule has 0 spiro atoms. The van der Waals surface area contributed by atoms with Crippen LogP contribution in [0.1, 0.15) is 5.56 Å². The molecular weight excluding hydrogens is 330 g/mol. The summed E-state index contributed by atoms with van der Waals surface area (Å²) in [6.07, 6.45) is 1.02. The molecule has 0 aliphatic carbocycles. The number of nitrogens with zero attached hydrogens (tertiary/aromatic N) is 2. The zero-order valence-corrected chi connectivity index (χ0v) is 12.7. The fourth-order valence-electron chi connectivity index (χ4n) is 1.86. The van der Waals surface area contributed by atoms with E-state index in [2.05, 4.69) is 4.98 Å². The molecule has 0 atom stereocenters. The maximum atomic E-state index is 12.5. The third-order valence-corrected chi connectivity index (χ3v) is 6.45. The zero-order valence-electron chi connectivity index (χ0n) is 10.3. The van der Waals surface area contributed by atoms with Gasteiger partial charge in [-0.25, -0.2) is 3.97 Å².